The first kappa shape index (κ1) is 21.5. The van der Waals surface area contributed by atoms with Gasteiger partial charge in [-0.2, -0.15) is 0 Å². The molecule has 5 fully saturated rings. The van der Waals surface area contributed by atoms with Crippen LogP contribution in [-0.4, -0.2) is 59.1 Å². The number of benzene rings is 1. The maximum Gasteiger partial charge on any atom is 0.317 e. The Morgan fingerprint density at radius 2 is 1.67 bits per heavy atom. The fourth-order valence-corrected chi connectivity index (χ4v) is 8.36. The quantitative estimate of drug-likeness (QED) is 0.730. The monoisotopic (exact) mass is 451 g/mol. The van der Waals surface area contributed by atoms with Gasteiger partial charge in [0.1, 0.15) is 0 Å². The van der Waals surface area contributed by atoms with Gasteiger partial charge in [-0.1, -0.05) is 24.3 Å². The van der Waals surface area contributed by atoms with Gasteiger partial charge in [0.05, 0.1) is 6.42 Å². The van der Waals surface area contributed by atoms with Crippen molar-refractivity contribution in [3.8, 4) is 0 Å². The van der Waals surface area contributed by atoms with Gasteiger partial charge >= 0.3 is 12.0 Å². The Bertz CT molecular complexity index is 895. The molecule has 4 bridgehead atoms. The molecule has 0 atom stereocenters. The molecule has 0 radical (unpaired) electrons. The number of amides is 2. The van der Waals surface area contributed by atoms with Crippen molar-refractivity contribution in [1.29, 1.82) is 0 Å². The van der Waals surface area contributed by atoms with E-state index in [1.807, 2.05) is 0 Å². The van der Waals surface area contributed by atoms with Gasteiger partial charge in [-0.25, -0.2) is 4.79 Å². The van der Waals surface area contributed by atoms with Crippen molar-refractivity contribution in [2.24, 2.45) is 23.7 Å². The SMILES string of the molecule is O=C(O)CCN1Cc2ccccc2C2(CCN(C(=O)NC3C4CC5CC(C4)CC3C5)CC2)C1. The molecular weight excluding hydrogens is 414 g/mol. The van der Waals surface area contributed by atoms with Gasteiger partial charge in [0.25, 0.3) is 0 Å². The van der Waals surface area contributed by atoms with Crippen LogP contribution in [0.1, 0.15) is 62.5 Å². The fourth-order valence-electron chi connectivity index (χ4n) is 8.36. The Morgan fingerprint density at radius 3 is 2.33 bits per heavy atom. The number of carbonyl (C=O) groups excluding carboxylic acids is 1. The molecule has 1 aromatic rings. The number of hydrogen-bond donors (Lipinski definition) is 2. The van der Waals surface area contributed by atoms with Gasteiger partial charge in [0.2, 0.25) is 0 Å². The van der Waals surface area contributed by atoms with Gasteiger partial charge in [0.15, 0.2) is 0 Å². The van der Waals surface area contributed by atoms with Crippen LogP contribution in [-0.2, 0) is 16.8 Å². The summed E-state index contributed by atoms with van der Waals surface area (Å²) >= 11 is 0. The lowest BCUT2D eigenvalue weighted by Gasteiger charge is -2.55. The van der Waals surface area contributed by atoms with Crippen LogP contribution in [0.4, 0.5) is 4.79 Å². The summed E-state index contributed by atoms with van der Waals surface area (Å²) in [7, 11) is 0. The van der Waals surface area contributed by atoms with Crippen molar-refractivity contribution in [3.05, 3.63) is 35.4 Å². The molecule has 2 N–H and O–H groups in total. The standard InChI is InChI=1S/C27H37N3O3/c31-24(32)5-8-29-16-20-3-1-2-4-23(20)27(17-29)6-9-30(10-7-27)26(33)28-25-21-12-18-11-19(14-21)15-22(25)13-18/h1-4,18-19,21-22,25H,5-17H2,(H,28,33)(H,31,32). The number of aliphatic carboxylic acids is 1. The summed E-state index contributed by atoms with van der Waals surface area (Å²) in [6, 6.07) is 9.20. The average Bonchev–Trinajstić information content (AvgIpc) is 2.80. The van der Waals surface area contributed by atoms with Crippen molar-refractivity contribution < 1.29 is 14.7 Å². The Kier molecular flexibility index (Phi) is 5.39. The number of likely N-dealkylation sites (tertiary alicyclic amines) is 1. The zero-order chi connectivity index (χ0) is 22.6. The topological polar surface area (TPSA) is 72.9 Å². The normalized spacial score (nSPS) is 34.3. The molecule has 0 aromatic heterocycles. The van der Waals surface area contributed by atoms with Crippen LogP contribution in [0.2, 0.25) is 0 Å². The number of nitrogens with zero attached hydrogens (tertiary/aromatic N) is 2. The summed E-state index contributed by atoms with van der Waals surface area (Å²) in [5.41, 5.74) is 2.76. The highest BCUT2D eigenvalue weighted by molar-refractivity contribution is 5.75. The summed E-state index contributed by atoms with van der Waals surface area (Å²) in [6.07, 6.45) is 8.80. The number of nitrogens with one attached hydrogen (secondary N) is 1. The highest BCUT2D eigenvalue weighted by atomic mass is 16.4. The second kappa shape index (κ2) is 8.30. The first-order valence-electron chi connectivity index (χ1n) is 13.1. The first-order valence-corrected chi connectivity index (χ1v) is 13.1. The smallest absolute Gasteiger partial charge is 0.317 e. The third-order valence-corrected chi connectivity index (χ3v) is 9.68. The minimum Gasteiger partial charge on any atom is -0.481 e. The number of hydrogen-bond acceptors (Lipinski definition) is 3. The molecule has 6 heteroatoms. The molecule has 2 aliphatic heterocycles. The highest BCUT2D eigenvalue weighted by Gasteiger charge is 2.49. The number of urea groups is 1. The van der Waals surface area contributed by atoms with Crippen LogP contribution < -0.4 is 5.32 Å². The molecule has 178 valence electrons. The number of carboxylic acids is 1. The zero-order valence-corrected chi connectivity index (χ0v) is 19.5. The molecule has 7 rings (SSSR count). The molecule has 1 saturated heterocycles. The van der Waals surface area contributed by atoms with Crippen LogP contribution in [0.5, 0.6) is 0 Å². The summed E-state index contributed by atoms with van der Waals surface area (Å²) in [6.45, 7) is 3.85. The Balaban J connectivity index is 1.12. The molecule has 2 heterocycles. The summed E-state index contributed by atoms with van der Waals surface area (Å²) in [5.74, 6) is 2.51. The van der Waals surface area contributed by atoms with Crippen molar-refractivity contribution in [2.45, 2.75) is 69.4 Å². The highest BCUT2D eigenvalue weighted by Crippen LogP contribution is 2.53. The van der Waals surface area contributed by atoms with Gasteiger partial charge in [-0.05, 0) is 79.7 Å². The van der Waals surface area contributed by atoms with Gasteiger partial charge in [0, 0.05) is 44.2 Å². The van der Waals surface area contributed by atoms with E-state index < -0.39 is 5.97 Å². The van der Waals surface area contributed by atoms with Crippen LogP contribution in [0.3, 0.4) is 0 Å². The summed E-state index contributed by atoms with van der Waals surface area (Å²) in [4.78, 5) is 28.8. The Morgan fingerprint density at radius 1 is 1.00 bits per heavy atom. The van der Waals surface area contributed by atoms with Gasteiger partial charge < -0.3 is 15.3 Å². The van der Waals surface area contributed by atoms with Crippen molar-refractivity contribution in [2.75, 3.05) is 26.2 Å². The van der Waals surface area contributed by atoms with E-state index in [0.717, 1.165) is 50.9 Å². The number of carboxylic acid groups (broad SMARTS) is 1. The lowest BCUT2D eigenvalue weighted by atomic mass is 9.54. The molecule has 33 heavy (non-hydrogen) atoms. The lowest BCUT2D eigenvalue weighted by molar-refractivity contribution is -0.137. The van der Waals surface area contributed by atoms with Crippen LogP contribution in [0.15, 0.2) is 24.3 Å². The van der Waals surface area contributed by atoms with E-state index in [4.69, 9.17) is 5.11 Å². The maximum atomic E-state index is 13.3. The zero-order valence-electron chi connectivity index (χ0n) is 19.5. The average molecular weight is 452 g/mol. The van der Waals surface area contributed by atoms with Crippen molar-refractivity contribution >= 4 is 12.0 Å². The molecule has 4 aliphatic carbocycles. The van der Waals surface area contributed by atoms with E-state index in [0.29, 0.717) is 24.4 Å². The van der Waals surface area contributed by atoms with E-state index in [1.165, 1.54) is 43.2 Å². The summed E-state index contributed by atoms with van der Waals surface area (Å²) in [5, 5.41) is 12.7. The lowest BCUT2D eigenvalue weighted by Crippen LogP contribution is -2.60. The number of rotatable bonds is 4. The second-order valence-electron chi connectivity index (χ2n) is 11.7. The molecule has 1 spiro atoms. The minimum atomic E-state index is -0.737. The van der Waals surface area contributed by atoms with E-state index in [-0.39, 0.29) is 17.9 Å². The molecule has 4 saturated carbocycles. The first-order chi connectivity index (χ1) is 16.0. The summed E-state index contributed by atoms with van der Waals surface area (Å²) < 4.78 is 0. The number of piperidine rings is 1. The van der Waals surface area contributed by atoms with Crippen LogP contribution >= 0.6 is 0 Å². The molecule has 6 nitrogen and oxygen atoms in total. The maximum absolute atomic E-state index is 13.3. The minimum absolute atomic E-state index is 0.0206. The molecule has 0 unspecified atom stereocenters. The third-order valence-electron chi connectivity index (χ3n) is 9.68. The predicted molar refractivity (Wildman–Crippen MR) is 126 cm³/mol. The predicted octanol–water partition coefficient (Wildman–Crippen LogP) is 3.84. The Hall–Kier alpha value is -2.08. The largest absolute Gasteiger partial charge is 0.481 e. The van der Waals surface area contributed by atoms with E-state index in [9.17, 15) is 9.59 Å². The van der Waals surface area contributed by atoms with E-state index >= 15 is 0 Å². The van der Waals surface area contributed by atoms with E-state index in [2.05, 4.69) is 39.4 Å². The second-order valence-corrected chi connectivity index (χ2v) is 11.7. The number of carbonyl (C=O) groups is 2. The van der Waals surface area contributed by atoms with E-state index in [1.54, 1.807) is 0 Å². The van der Waals surface area contributed by atoms with Crippen molar-refractivity contribution in [1.82, 2.24) is 15.1 Å². The molecular formula is C27H37N3O3. The van der Waals surface area contributed by atoms with Crippen molar-refractivity contribution in [3.63, 3.8) is 0 Å². The van der Waals surface area contributed by atoms with Gasteiger partial charge in [-0.15, -0.1) is 0 Å². The molecule has 2 amide bonds. The third kappa shape index (κ3) is 3.94. The van der Waals surface area contributed by atoms with Crippen LogP contribution in [0, 0.1) is 23.7 Å². The number of fused-ring (bicyclic) bond motifs is 2. The Labute approximate surface area is 196 Å². The fraction of sp³-hybridized carbons (Fsp3) is 0.704. The van der Waals surface area contributed by atoms with Gasteiger partial charge in [-0.3, -0.25) is 9.69 Å². The van der Waals surface area contributed by atoms with Crippen LogP contribution in [0.25, 0.3) is 0 Å². The molecule has 6 aliphatic rings. The molecule has 1 aromatic carbocycles.